The molecule has 0 unspecified atom stereocenters. The molecule has 0 saturated heterocycles. The van der Waals surface area contributed by atoms with E-state index in [4.69, 9.17) is 0 Å². The molecule has 140 valence electrons. The van der Waals surface area contributed by atoms with Crippen LogP contribution in [0, 0.1) is 0 Å². The maximum Gasteiger partial charge on any atom is 0.275 e. The van der Waals surface area contributed by atoms with Crippen molar-refractivity contribution < 1.29 is 13.2 Å². The quantitative estimate of drug-likeness (QED) is 0.731. The predicted molar refractivity (Wildman–Crippen MR) is 101 cm³/mol. The second-order valence-corrected chi connectivity index (χ2v) is 7.31. The fourth-order valence-electron chi connectivity index (χ4n) is 2.45. The molecule has 1 aromatic heterocycles. The molecule has 8 nitrogen and oxygen atoms in total. The maximum absolute atomic E-state index is 12.7. The molecular formula is C17H23N5O3S. The van der Waals surface area contributed by atoms with E-state index in [1.54, 1.807) is 19.9 Å². The lowest BCUT2D eigenvalue weighted by Crippen LogP contribution is -2.30. The van der Waals surface area contributed by atoms with Crippen LogP contribution in [0.3, 0.4) is 0 Å². The Morgan fingerprint density at radius 1 is 1.12 bits per heavy atom. The molecule has 0 atom stereocenters. The van der Waals surface area contributed by atoms with E-state index < -0.39 is 15.9 Å². The molecule has 9 heteroatoms. The van der Waals surface area contributed by atoms with Crippen molar-refractivity contribution in [2.45, 2.75) is 25.7 Å². The van der Waals surface area contributed by atoms with E-state index in [1.165, 1.54) is 35.0 Å². The third-order valence-electron chi connectivity index (χ3n) is 3.75. The molecule has 0 aliphatic carbocycles. The lowest BCUT2D eigenvalue weighted by Gasteiger charge is -2.20. The van der Waals surface area contributed by atoms with Crippen LogP contribution in [-0.2, 0) is 10.0 Å². The number of nitrogens with one attached hydrogen (secondary N) is 2. The average molecular weight is 377 g/mol. The van der Waals surface area contributed by atoms with Gasteiger partial charge in [0, 0.05) is 32.0 Å². The highest BCUT2D eigenvalue weighted by Gasteiger charge is 2.23. The highest BCUT2D eigenvalue weighted by atomic mass is 32.2. The van der Waals surface area contributed by atoms with Gasteiger partial charge in [0.2, 0.25) is 10.0 Å². The van der Waals surface area contributed by atoms with Crippen LogP contribution in [0.2, 0.25) is 0 Å². The Labute approximate surface area is 153 Å². The maximum atomic E-state index is 12.7. The largest absolute Gasteiger partial charge is 0.384 e. The Kier molecular flexibility index (Phi) is 6.64. The first-order valence-electron chi connectivity index (χ1n) is 8.39. The summed E-state index contributed by atoms with van der Waals surface area (Å²) in [6, 6.07) is 4.63. The van der Waals surface area contributed by atoms with Gasteiger partial charge in [-0.05, 0) is 25.1 Å². The third kappa shape index (κ3) is 4.36. The van der Waals surface area contributed by atoms with Crippen molar-refractivity contribution in [2.24, 2.45) is 0 Å². The fraction of sp³-hybridized carbons (Fsp3) is 0.353. The molecule has 1 amide bonds. The molecule has 0 fully saturated rings. The van der Waals surface area contributed by atoms with E-state index in [9.17, 15) is 13.2 Å². The van der Waals surface area contributed by atoms with Crippen LogP contribution >= 0.6 is 0 Å². The summed E-state index contributed by atoms with van der Waals surface area (Å²) >= 11 is 0. The van der Waals surface area contributed by atoms with Gasteiger partial charge in [0.25, 0.3) is 5.91 Å². The van der Waals surface area contributed by atoms with Crippen LogP contribution in [0.1, 0.15) is 31.3 Å². The lowest BCUT2D eigenvalue weighted by atomic mass is 10.2. The van der Waals surface area contributed by atoms with E-state index in [-0.39, 0.29) is 10.6 Å². The Bertz CT molecular complexity index is 852. The highest BCUT2D eigenvalue weighted by molar-refractivity contribution is 7.89. The van der Waals surface area contributed by atoms with Gasteiger partial charge in [-0.15, -0.1) is 0 Å². The molecule has 2 aromatic rings. The van der Waals surface area contributed by atoms with E-state index >= 15 is 0 Å². The number of hydrogen-bond donors (Lipinski definition) is 2. The first-order valence-corrected chi connectivity index (χ1v) is 9.83. The first kappa shape index (κ1) is 19.8. The zero-order valence-corrected chi connectivity index (χ0v) is 15.9. The van der Waals surface area contributed by atoms with Crippen molar-refractivity contribution in [2.75, 3.05) is 30.3 Å². The van der Waals surface area contributed by atoms with Gasteiger partial charge in [-0.1, -0.05) is 13.8 Å². The average Bonchev–Trinajstić information content (AvgIpc) is 2.64. The summed E-state index contributed by atoms with van der Waals surface area (Å²) in [5.74, 6) is -0.463. The normalized spacial score (nSPS) is 11.4. The fourth-order valence-corrected chi connectivity index (χ4v) is 3.93. The zero-order chi connectivity index (χ0) is 19.2. The van der Waals surface area contributed by atoms with Crippen molar-refractivity contribution in [1.82, 2.24) is 14.3 Å². The number of hydrogen-bond acceptors (Lipinski definition) is 6. The Balaban J connectivity index is 2.41. The third-order valence-corrected chi connectivity index (χ3v) is 5.79. The minimum atomic E-state index is -3.63. The molecule has 0 spiro atoms. The summed E-state index contributed by atoms with van der Waals surface area (Å²) in [4.78, 5) is 20.3. The molecule has 0 saturated carbocycles. The smallest absolute Gasteiger partial charge is 0.275 e. The van der Waals surface area contributed by atoms with Crippen molar-refractivity contribution in [3.8, 4) is 0 Å². The van der Waals surface area contributed by atoms with Crippen LogP contribution in [0.4, 0.5) is 11.4 Å². The van der Waals surface area contributed by atoms with Crippen LogP contribution in [0.15, 0.2) is 41.7 Å². The van der Waals surface area contributed by atoms with E-state index in [0.29, 0.717) is 31.0 Å². The second-order valence-electron chi connectivity index (χ2n) is 5.37. The summed E-state index contributed by atoms with van der Waals surface area (Å²) in [6.45, 7) is 6.84. The van der Waals surface area contributed by atoms with Crippen LogP contribution in [0.25, 0.3) is 0 Å². The van der Waals surface area contributed by atoms with Crippen LogP contribution in [0.5, 0.6) is 0 Å². The Morgan fingerprint density at radius 2 is 1.85 bits per heavy atom. The summed E-state index contributed by atoms with van der Waals surface area (Å²) in [7, 11) is -3.63. The monoisotopic (exact) mass is 377 g/mol. The number of carbonyl (C=O) groups excluding carboxylic acids is 1. The first-order chi connectivity index (χ1) is 12.4. The van der Waals surface area contributed by atoms with Crippen molar-refractivity contribution in [1.29, 1.82) is 0 Å². The van der Waals surface area contributed by atoms with Gasteiger partial charge in [0.05, 0.1) is 22.5 Å². The number of amides is 1. The predicted octanol–water partition coefficient (Wildman–Crippen LogP) is 2.19. The van der Waals surface area contributed by atoms with Gasteiger partial charge >= 0.3 is 0 Å². The number of sulfonamides is 1. The molecule has 2 N–H and O–H groups in total. The van der Waals surface area contributed by atoms with E-state index in [1.807, 2.05) is 6.92 Å². The van der Waals surface area contributed by atoms with E-state index in [0.717, 1.165) is 0 Å². The van der Waals surface area contributed by atoms with Gasteiger partial charge in [0.15, 0.2) is 0 Å². The lowest BCUT2D eigenvalue weighted by molar-refractivity contribution is 0.102. The topological polar surface area (TPSA) is 104 Å². The molecule has 0 aliphatic rings. The molecule has 0 radical (unpaired) electrons. The molecule has 0 aliphatic heterocycles. The minimum absolute atomic E-state index is 0.122. The Morgan fingerprint density at radius 3 is 2.42 bits per heavy atom. The van der Waals surface area contributed by atoms with Gasteiger partial charge in [-0.25, -0.2) is 13.4 Å². The van der Waals surface area contributed by atoms with E-state index in [2.05, 4.69) is 20.6 Å². The summed E-state index contributed by atoms with van der Waals surface area (Å²) in [5.41, 5.74) is 1.14. The number of nitrogens with zero attached hydrogens (tertiary/aromatic N) is 3. The number of benzene rings is 1. The SMILES string of the molecule is CCNc1ccc(S(=O)(=O)N(CC)CC)cc1NC(=O)c1cnccn1. The van der Waals surface area contributed by atoms with Crippen LogP contribution in [-0.4, -0.2) is 48.2 Å². The molecule has 0 bridgehead atoms. The molecule has 1 heterocycles. The molecule has 1 aromatic carbocycles. The van der Waals surface area contributed by atoms with Gasteiger partial charge in [-0.3, -0.25) is 9.78 Å². The number of rotatable bonds is 8. The summed E-state index contributed by atoms with van der Waals surface area (Å²) in [6.07, 6.45) is 4.23. The zero-order valence-electron chi connectivity index (χ0n) is 15.1. The minimum Gasteiger partial charge on any atom is -0.384 e. The van der Waals surface area contributed by atoms with Crippen molar-refractivity contribution >= 4 is 27.3 Å². The van der Waals surface area contributed by atoms with Crippen LogP contribution < -0.4 is 10.6 Å². The molecular weight excluding hydrogens is 354 g/mol. The summed E-state index contributed by atoms with van der Waals surface area (Å²) < 4.78 is 26.8. The van der Waals surface area contributed by atoms with Crippen molar-refractivity contribution in [3.63, 3.8) is 0 Å². The summed E-state index contributed by atoms with van der Waals surface area (Å²) in [5, 5.41) is 5.82. The molecule has 2 rings (SSSR count). The second kappa shape index (κ2) is 8.72. The van der Waals surface area contributed by atoms with Gasteiger partial charge in [-0.2, -0.15) is 4.31 Å². The van der Waals surface area contributed by atoms with Crippen molar-refractivity contribution in [3.05, 3.63) is 42.5 Å². The number of anilines is 2. The molecule has 26 heavy (non-hydrogen) atoms. The van der Waals surface area contributed by atoms with Gasteiger partial charge < -0.3 is 10.6 Å². The number of carbonyl (C=O) groups is 1. The Hall–Kier alpha value is -2.52. The highest BCUT2D eigenvalue weighted by Crippen LogP contribution is 2.27. The van der Waals surface area contributed by atoms with Gasteiger partial charge in [0.1, 0.15) is 5.69 Å². The number of aromatic nitrogens is 2. The standard InChI is InChI=1S/C17H23N5O3S/c1-4-19-14-8-7-13(26(24,25)22(5-2)6-3)11-15(14)21-17(23)16-12-18-9-10-20-16/h7-12,19H,4-6H2,1-3H3,(H,21,23).